The lowest BCUT2D eigenvalue weighted by Crippen LogP contribution is -2.23. The van der Waals surface area contributed by atoms with Gasteiger partial charge in [0.2, 0.25) is 5.88 Å². The maximum absolute atomic E-state index is 9.72. The van der Waals surface area contributed by atoms with Gasteiger partial charge >= 0.3 is 0 Å². The van der Waals surface area contributed by atoms with Crippen LogP contribution >= 0.6 is 22.9 Å². The number of nitrogens with two attached hydrogens (primary N) is 2. The summed E-state index contributed by atoms with van der Waals surface area (Å²) in [5.74, 6) is 0.371. The summed E-state index contributed by atoms with van der Waals surface area (Å²) in [6.45, 7) is 0. The van der Waals surface area contributed by atoms with Crippen molar-refractivity contribution in [2.24, 2.45) is 5.73 Å². The maximum atomic E-state index is 9.72. The van der Waals surface area contributed by atoms with Crippen molar-refractivity contribution in [1.29, 1.82) is 10.5 Å². The number of benzene rings is 1. The molecule has 1 aliphatic heterocycles. The summed E-state index contributed by atoms with van der Waals surface area (Å²) < 4.78 is 5.78. The molecule has 2 aromatic rings. The van der Waals surface area contributed by atoms with Crippen LogP contribution in [0.1, 0.15) is 33.9 Å². The summed E-state index contributed by atoms with van der Waals surface area (Å²) in [5.41, 5.74) is 15.5. The van der Waals surface area contributed by atoms with Crippen LogP contribution in [0.4, 0.5) is 5.00 Å². The van der Waals surface area contributed by atoms with Crippen LogP contribution in [0.2, 0.25) is 5.02 Å². The molecule has 0 saturated carbocycles. The number of rotatable bonds is 1. The number of halogens is 1. The number of nitrogen functional groups attached to an aromatic ring is 1. The highest BCUT2D eigenvalue weighted by Crippen LogP contribution is 2.53. The lowest BCUT2D eigenvalue weighted by Gasteiger charge is -2.32. The Morgan fingerprint density at radius 1 is 1.15 bits per heavy atom. The minimum absolute atomic E-state index is 0.102. The van der Waals surface area contributed by atoms with Gasteiger partial charge in [0.25, 0.3) is 0 Å². The summed E-state index contributed by atoms with van der Waals surface area (Å²) in [4.78, 5) is 0.880. The standard InChI is InChI=1S/C19H13ClN4OS/c20-13-4-2-1-3-10(13)15-12(8-22)18(23)25-14-6-5-9-11(7-21)19(24)26-17(9)16(14)15/h1-4,15H,5-6,23-24H2. The molecule has 0 amide bonds. The van der Waals surface area contributed by atoms with Gasteiger partial charge in [-0.1, -0.05) is 29.8 Å². The molecule has 0 fully saturated rings. The predicted octanol–water partition coefficient (Wildman–Crippen LogP) is 4.02. The van der Waals surface area contributed by atoms with E-state index in [1.54, 1.807) is 6.07 Å². The monoisotopic (exact) mass is 380 g/mol. The Labute approximate surface area is 159 Å². The van der Waals surface area contributed by atoms with Gasteiger partial charge in [-0.25, -0.2) is 0 Å². The van der Waals surface area contributed by atoms with Crippen molar-refractivity contribution in [3.63, 3.8) is 0 Å². The lowest BCUT2D eigenvalue weighted by atomic mass is 9.78. The van der Waals surface area contributed by atoms with Crippen molar-refractivity contribution >= 4 is 33.5 Å². The number of ether oxygens (including phenoxy) is 1. The molecule has 0 radical (unpaired) electrons. The van der Waals surface area contributed by atoms with Gasteiger partial charge in [-0.05, 0) is 23.6 Å². The lowest BCUT2D eigenvalue weighted by molar-refractivity contribution is 0.274. The molecule has 1 aromatic carbocycles. The third-order valence-electron chi connectivity index (χ3n) is 4.71. The molecule has 26 heavy (non-hydrogen) atoms. The van der Waals surface area contributed by atoms with Crippen LogP contribution in [-0.4, -0.2) is 0 Å². The second-order valence-electron chi connectivity index (χ2n) is 6.04. The van der Waals surface area contributed by atoms with Gasteiger partial charge in [0.15, 0.2) is 0 Å². The van der Waals surface area contributed by atoms with Crippen LogP contribution in [-0.2, 0) is 11.2 Å². The second kappa shape index (κ2) is 6.10. The van der Waals surface area contributed by atoms with Gasteiger partial charge < -0.3 is 16.2 Å². The number of hydrogen-bond acceptors (Lipinski definition) is 6. The number of nitrogens with zero attached hydrogens (tertiary/aromatic N) is 2. The predicted molar refractivity (Wildman–Crippen MR) is 101 cm³/mol. The van der Waals surface area contributed by atoms with E-state index in [1.165, 1.54) is 11.3 Å². The average Bonchev–Trinajstić information content (AvgIpc) is 2.96. The van der Waals surface area contributed by atoms with Gasteiger partial charge in [-0.3, -0.25) is 0 Å². The largest absolute Gasteiger partial charge is 0.445 e. The van der Waals surface area contributed by atoms with Crippen molar-refractivity contribution < 1.29 is 4.74 Å². The zero-order chi connectivity index (χ0) is 18.4. The quantitative estimate of drug-likeness (QED) is 0.776. The van der Waals surface area contributed by atoms with Crippen LogP contribution in [0.25, 0.3) is 5.57 Å². The van der Waals surface area contributed by atoms with Crippen molar-refractivity contribution in [1.82, 2.24) is 0 Å². The number of nitriles is 2. The van der Waals surface area contributed by atoms with E-state index < -0.39 is 5.92 Å². The molecule has 1 aliphatic carbocycles. The molecule has 1 unspecified atom stereocenters. The zero-order valence-corrected chi connectivity index (χ0v) is 15.1. The highest BCUT2D eigenvalue weighted by Gasteiger charge is 2.39. The number of allylic oxidation sites excluding steroid dienone is 3. The van der Waals surface area contributed by atoms with Gasteiger partial charge in [-0.2, -0.15) is 10.5 Å². The number of anilines is 1. The summed E-state index contributed by atoms with van der Waals surface area (Å²) >= 11 is 7.79. The normalized spacial score (nSPS) is 18.5. The van der Waals surface area contributed by atoms with Crippen LogP contribution in [0.15, 0.2) is 41.5 Å². The minimum Gasteiger partial charge on any atom is -0.445 e. The molecule has 128 valence electrons. The number of fused-ring (bicyclic) bond motifs is 2. The summed E-state index contributed by atoms with van der Waals surface area (Å²) in [7, 11) is 0. The van der Waals surface area contributed by atoms with E-state index in [0.29, 0.717) is 39.8 Å². The Morgan fingerprint density at radius 2 is 1.92 bits per heavy atom. The Kier molecular flexibility index (Phi) is 3.88. The average molecular weight is 381 g/mol. The second-order valence-corrected chi connectivity index (χ2v) is 7.50. The Hall–Kier alpha value is -2.93. The van der Waals surface area contributed by atoms with E-state index in [0.717, 1.165) is 21.6 Å². The fourth-order valence-electron chi connectivity index (χ4n) is 3.58. The smallest absolute Gasteiger partial charge is 0.205 e. The molecular formula is C19H13ClN4OS. The molecule has 1 aromatic heterocycles. The Bertz CT molecular complexity index is 1080. The first-order chi connectivity index (χ1) is 12.6. The van der Waals surface area contributed by atoms with Crippen LogP contribution in [0.3, 0.4) is 0 Å². The first-order valence-corrected chi connectivity index (χ1v) is 9.12. The molecular weight excluding hydrogens is 368 g/mol. The molecule has 0 spiro atoms. The van der Waals surface area contributed by atoms with Gasteiger partial charge in [0.05, 0.1) is 11.5 Å². The molecule has 0 saturated heterocycles. The zero-order valence-electron chi connectivity index (χ0n) is 13.5. The van der Waals surface area contributed by atoms with Crippen molar-refractivity contribution in [2.45, 2.75) is 18.8 Å². The Morgan fingerprint density at radius 3 is 2.62 bits per heavy atom. The number of thiophene rings is 1. The van der Waals surface area contributed by atoms with Crippen molar-refractivity contribution in [2.75, 3.05) is 5.73 Å². The first-order valence-electron chi connectivity index (χ1n) is 7.93. The molecule has 5 nitrogen and oxygen atoms in total. The molecule has 0 bridgehead atoms. The molecule has 2 heterocycles. The summed E-state index contributed by atoms with van der Waals surface area (Å²) in [6.07, 6.45) is 1.24. The summed E-state index contributed by atoms with van der Waals surface area (Å²) in [5, 5.41) is 20.2. The van der Waals surface area contributed by atoms with E-state index in [-0.39, 0.29) is 5.88 Å². The van der Waals surface area contributed by atoms with Gasteiger partial charge in [0, 0.05) is 21.9 Å². The van der Waals surface area contributed by atoms with Gasteiger partial charge in [0.1, 0.15) is 28.5 Å². The van der Waals surface area contributed by atoms with Crippen molar-refractivity contribution in [3.8, 4) is 12.1 Å². The van der Waals surface area contributed by atoms with E-state index in [9.17, 15) is 10.5 Å². The molecule has 4 rings (SSSR count). The molecule has 7 heteroatoms. The first kappa shape index (κ1) is 16.5. The van der Waals surface area contributed by atoms with E-state index in [4.69, 9.17) is 27.8 Å². The van der Waals surface area contributed by atoms with Gasteiger partial charge in [-0.15, -0.1) is 11.3 Å². The van der Waals surface area contributed by atoms with Crippen LogP contribution < -0.4 is 11.5 Å². The van der Waals surface area contributed by atoms with E-state index in [2.05, 4.69) is 12.1 Å². The van der Waals surface area contributed by atoms with Crippen LogP contribution in [0.5, 0.6) is 0 Å². The minimum atomic E-state index is -0.443. The van der Waals surface area contributed by atoms with E-state index in [1.807, 2.05) is 18.2 Å². The third kappa shape index (κ3) is 2.28. The summed E-state index contributed by atoms with van der Waals surface area (Å²) in [6, 6.07) is 11.7. The topological polar surface area (TPSA) is 109 Å². The Balaban J connectivity index is 2.01. The fraction of sp³-hybridized carbons (Fsp3) is 0.158. The van der Waals surface area contributed by atoms with Crippen molar-refractivity contribution in [3.05, 3.63) is 68.1 Å². The molecule has 4 N–H and O–H groups in total. The number of hydrogen-bond donors (Lipinski definition) is 2. The fourth-order valence-corrected chi connectivity index (χ4v) is 4.98. The molecule has 1 atom stereocenters. The maximum Gasteiger partial charge on any atom is 0.205 e. The van der Waals surface area contributed by atoms with E-state index >= 15 is 0 Å². The highest BCUT2D eigenvalue weighted by atomic mass is 35.5. The van der Waals surface area contributed by atoms with Crippen LogP contribution in [0, 0.1) is 22.7 Å². The molecule has 2 aliphatic rings. The SMILES string of the molecule is N#CC1=C(N)OC2=C(c3sc(N)c(C#N)c3CC2)C1c1ccccc1Cl. The third-order valence-corrected chi connectivity index (χ3v) is 6.14. The highest BCUT2D eigenvalue weighted by molar-refractivity contribution is 7.17.